The summed E-state index contributed by atoms with van der Waals surface area (Å²) in [5.74, 6) is 1.04. The van der Waals surface area contributed by atoms with Gasteiger partial charge in [0.05, 0.1) is 29.9 Å². The van der Waals surface area contributed by atoms with E-state index >= 15 is 0 Å². The van der Waals surface area contributed by atoms with Crippen LogP contribution in [0.4, 0.5) is 5.82 Å². The summed E-state index contributed by atoms with van der Waals surface area (Å²) in [6.07, 6.45) is 9.40. The molecule has 1 fully saturated rings. The van der Waals surface area contributed by atoms with Crippen molar-refractivity contribution < 1.29 is 17.9 Å². The quantitative estimate of drug-likeness (QED) is 0.277. The number of aromatic amines is 1. The molecule has 10 nitrogen and oxygen atoms in total. The van der Waals surface area contributed by atoms with Crippen LogP contribution in [0.25, 0.3) is 21.9 Å². The Hall–Kier alpha value is -3.28. The third-order valence-electron chi connectivity index (χ3n) is 9.80. The second-order valence-electron chi connectivity index (χ2n) is 12.1. The van der Waals surface area contributed by atoms with Crippen LogP contribution in [0.15, 0.2) is 36.8 Å². The lowest BCUT2D eigenvalue weighted by Gasteiger charge is -2.36. The number of rotatable bonds is 9. The molecule has 43 heavy (non-hydrogen) atoms. The van der Waals surface area contributed by atoms with E-state index < -0.39 is 15.6 Å². The zero-order valence-corrected chi connectivity index (χ0v) is 26.3. The van der Waals surface area contributed by atoms with Crippen molar-refractivity contribution in [3.63, 3.8) is 0 Å². The molecule has 4 heterocycles. The van der Waals surface area contributed by atoms with Crippen LogP contribution in [0.3, 0.4) is 0 Å². The van der Waals surface area contributed by atoms with E-state index in [2.05, 4.69) is 56.6 Å². The number of carbonyl (C=O) groups is 1. The summed E-state index contributed by atoms with van der Waals surface area (Å²) in [5, 5.41) is 2.06. The number of aromatic nitrogens is 4. The summed E-state index contributed by atoms with van der Waals surface area (Å²) in [6, 6.07) is 8.60. The molecule has 1 unspecified atom stereocenters. The zero-order chi connectivity index (χ0) is 30.4. The van der Waals surface area contributed by atoms with Gasteiger partial charge in [0.1, 0.15) is 17.7 Å². The van der Waals surface area contributed by atoms with Crippen LogP contribution in [0.5, 0.6) is 0 Å². The lowest BCUT2D eigenvalue weighted by molar-refractivity contribution is -0.0667. The number of hydrogen-bond acceptors (Lipinski definition) is 7. The average Bonchev–Trinajstić information content (AvgIpc) is 3.64. The molecular formula is C32H42N6O4S. The number of anilines is 1. The van der Waals surface area contributed by atoms with Gasteiger partial charge in [-0.2, -0.15) is 0 Å². The van der Waals surface area contributed by atoms with Gasteiger partial charge in [0.25, 0.3) is 0 Å². The van der Waals surface area contributed by atoms with E-state index in [1.807, 2.05) is 13.1 Å². The van der Waals surface area contributed by atoms with Crippen molar-refractivity contribution in [1.82, 2.24) is 24.2 Å². The van der Waals surface area contributed by atoms with Crippen LogP contribution in [0.2, 0.25) is 0 Å². The summed E-state index contributed by atoms with van der Waals surface area (Å²) in [5.41, 5.74) is 4.54. The number of sulfonamides is 1. The molecule has 0 saturated heterocycles. The lowest BCUT2D eigenvalue weighted by Crippen LogP contribution is -2.38. The summed E-state index contributed by atoms with van der Waals surface area (Å²) in [6.45, 7) is 4.82. The molecule has 1 saturated carbocycles. The molecule has 2 aliphatic rings. The van der Waals surface area contributed by atoms with E-state index in [9.17, 15) is 13.2 Å². The Morgan fingerprint density at radius 2 is 1.95 bits per heavy atom. The van der Waals surface area contributed by atoms with Gasteiger partial charge in [-0.05, 0) is 75.1 Å². The Morgan fingerprint density at radius 3 is 2.67 bits per heavy atom. The molecule has 0 bridgehead atoms. The number of ether oxygens (including phenoxy) is 1. The monoisotopic (exact) mass is 606 g/mol. The fourth-order valence-electron chi connectivity index (χ4n) is 7.26. The van der Waals surface area contributed by atoms with E-state index in [0.29, 0.717) is 18.7 Å². The summed E-state index contributed by atoms with van der Waals surface area (Å²) >= 11 is 0. The van der Waals surface area contributed by atoms with Gasteiger partial charge >= 0.3 is 0 Å². The maximum absolute atomic E-state index is 14.0. The van der Waals surface area contributed by atoms with Crippen LogP contribution in [-0.2, 0) is 33.2 Å². The Kier molecular flexibility index (Phi) is 8.08. The molecule has 11 heteroatoms. The number of carbonyl (C=O) groups excluding carboxylic acids is 1. The molecule has 0 spiro atoms. The number of nitrogens with zero attached hydrogens (tertiary/aromatic N) is 4. The first-order valence-electron chi connectivity index (χ1n) is 15.5. The van der Waals surface area contributed by atoms with Crippen molar-refractivity contribution in [2.75, 3.05) is 31.4 Å². The van der Waals surface area contributed by atoms with E-state index in [1.165, 1.54) is 29.9 Å². The van der Waals surface area contributed by atoms with Crippen LogP contribution in [-0.4, -0.2) is 66.3 Å². The number of fused-ring (bicyclic) bond motifs is 4. The van der Waals surface area contributed by atoms with Gasteiger partial charge in [-0.1, -0.05) is 32.0 Å². The van der Waals surface area contributed by atoms with Crippen LogP contribution in [0, 0.1) is 5.92 Å². The Morgan fingerprint density at radius 1 is 1.16 bits per heavy atom. The molecule has 0 amide bonds. The Balaban J connectivity index is 1.25. The number of para-hydroxylation sites is 1. The highest BCUT2D eigenvalue weighted by molar-refractivity contribution is 7.89. The predicted molar refractivity (Wildman–Crippen MR) is 169 cm³/mol. The number of aryl methyl sites for hydroxylation is 1. The largest absolute Gasteiger partial charge is 0.368 e. The third kappa shape index (κ3) is 5.36. The third-order valence-corrected chi connectivity index (χ3v) is 11.3. The molecule has 1 aliphatic heterocycles. The minimum absolute atomic E-state index is 0.0716. The highest BCUT2D eigenvalue weighted by atomic mass is 32.2. The van der Waals surface area contributed by atoms with Crippen molar-refractivity contribution in [2.24, 2.45) is 5.92 Å². The van der Waals surface area contributed by atoms with Crippen molar-refractivity contribution >= 4 is 43.7 Å². The Bertz CT molecular complexity index is 1750. The molecule has 1 atom stereocenters. The Labute approximate surface area is 253 Å². The van der Waals surface area contributed by atoms with Gasteiger partial charge in [0.2, 0.25) is 15.9 Å². The first kappa shape index (κ1) is 29.8. The second kappa shape index (κ2) is 11.7. The molecule has 1 aromatic carbocycles. The molecule has 4 aromatic rings. The highest BCUT2D eigenvalue weighted by Crippen LogP contribution is 2.43. The molecule has 3 aromatic heterocycles. The first-order valence-corrected chi connectivity index (χ1v) is 17.1. The number of hydrogen-bond donors (Lipinski definition) is 2. The smallest absolute Gasteiger partial charge is 0.235 e. The topological polar surface area (TPSA) is 122 Å². The standard InChI is InChI=1S/C32H42N6O4S/c1-5-22-8-7-9-24-25-15-17-42-32(6-2,29(25)36-28(22)24)18-27(39)38-16-14-26-30(34-20-35-31(26)38)37(4)23-12-10-21(11-13-23)19-43(40,41)33-3/h7-9,14,16,20-21,23,33,36H,5-6,10-13,15,17-19H2,1-4H3. The van der Waals surface area contributed by atoms with Gasteiger partial charge in [-0.25, -0.2) is 23.1 Å². The average molecular weight is 607 g/mol. The van der Waals surface area contributed by atoms with E-state index in [0.717, 1.165) is 60.9 Å². The van der Waals surface area contributed by atoms with E-state index in [-0.39, 0.29) is 30.0 Å². The van der Waals surface area contributed by atoms with Gasteiger partial charge in [-0.3, -0.25) is 9.36 Å². The SMILES string of the molecule is CCc1cccc2c3c([nH]c12)C(CC)(CC(=O)n1ccc2c(N(C)C4CCC(CS(=O)(=O)NC)CC4)ncnc21)OCC3. The zero-order valence-electron chi connectivity index (χ0n) is 25.5. The molecule has 1 aliphatic carbocycles. The fourth-order valence-corrected chi connectivity index (χ4v) is 8.38. The maximum Gasteiger partial charge on any atom is 0.235 e. The van der Waals surface area contributed by atoms with E-state index in [4.69, 9.17) is 4.74 Å². The molecule has 6 rings (SSSR count). The second-order valence-corrected chi connectivity index (χ2v) is 14.1. The van der Waals surface area contributed by atoms with Crippen LogP contribution < -0.4 is 9.62 Å². The minimum atomic E-state index is -3.22. The maximum atomic E-state index is 14.0. The van der Waals surface area contributed by atoms with Crippen molar-refractivity contribution in [3.8, 4) is 0 Å². The molecule has 0 radical (unpaired) electrons. The number of nitrogens with one attached hydrogen (secondary N) is 2. The fraction of sp³-hybridized carbons (Fsp3) is 0.531. The molecular weight excluding hydrogens is 564 g/mol. The first-order chi connectivity index (χ1) is 20.7. The summed E-state index contributed by atoms with van der Waals surface area (Å²) < 4.78 is 34.6. The van der Waals surface area contributed by atoms with Crippen molar-refractivity contribution in [2.45, 2.75) is 76.9 Å². The molecule has 2 N–H and O–H groups in total. The molecule has 230 valence electrons. The van der Waals surface area contributed by atoms with Gasteiger partial charge in [-0.15, -0.1) is 0 Å². The minimum Gasteiger partial charge on any atom is -0.368 e. The van der Waals surface area contributed by atoms with Crippen molar-refractivity contribution in [3.05, 3.63) is 53.6 Å². The summed E-state index contributed by atoms with van der Waals surface area (Å²) in [7, 11) is 0.281. The van der Waals surface area contributed by atoms with Gasteiger partial charge < -0.3 is 14.6 Å². The van der Waals surface area contributed by atoms with Crippen LogP contribution >= 0.6 is 0 Å². The number of benzene rings is 1. The summed E-state index contributed by atoms with van der Waals surface area (Å²) in [4.78, 5) is 29.0. The van der Waals surface area contributed by atoms with Crippen LogP contribution in [0.1, 0.15) is 74.0 Å². The van der Waals surface area contributed by atoms with E-state index in [1.54, 1.807) is 10.8 Å². The predicted octanol–water partition coefficient (Wildman–Crippen LogP) is 4.93. The lowest BCUT2D eigenvalue weighted by atomic mass is 9.86. The highest BCUT2D eigenvalue weighted by Gasteiger charge is 2.41. The normalized spacial score (nSPS) is 22.6. The van der Waals surface area contributed by atoms with Gasteiger partial charge in [0.15, 0.2) is 5.65 Å². The number of H-pyrrole nitrogens is 1. The van der Waals surface area contributed by atoms with Crippen molar-refractivity contribution in [1.29, 1.82) is 0 Å². The van der Waals surface area contributed by atoms with Gasteiger partial charge in [0, 0.05) is 30.2 Å².